The van der Waals surface area contributed by atoms with E-state index in [-0.39, 0.29) is 0 Å². The molecule has 1 aliphatic heterocycles. The molecule has 0 atom stereocenters. The van der Waals surface area contributed by atoms with E-state index in [9.17, 15) is 13.9 Å². The van der Waals surface area contributed by atoms with Gasteiger partial charge in [-0.05, 0) is 31.5 Å². The molecular weight excluding hydrogens is 304 g/mol. The number of rotatable bonds is 3. The number of carbonyl (C=O) groups is 1. The molecule has 0 amide bonds. The fourth-order valence-corrected chi connectivity index (χ4v) is 4.55. The molecule has 7 heteroatoms. The minimum absolute atomic E-state index is 0.366. The lowest BCUT2D eigenvalue weighted by atomic mass is 10.1. The molecule has 1 fully saturated rings. The van der Waals surface area contributed by atoms with Crippen molar-refractivity contribution in [2.45, 2.75) is 19.9 Å². The van der Waals surface area contributed by atoms with E-state index in [1.807, 2.05) is 23.8 Å². The number of nitrogens with zero attached hydrogens (tertiary/aromatic N) is 2. The van der Waals surface area contributed by atoms with Gasteiger partial charge in [0.25, 0.3) is 0 Å². The van der Waals surface area contributed by atoms with Gasteiger partial charge < -0.3 is 9.30 Å². The number of carbonyl (C=O) groups excluding carboxylic acids is 1. The van der Waals surface area contributed by atoms with E-state index in [1.165, 1.54) is 7.11 Å². The van der Waals surface area contributed by atoms with Crippen LogP contribution >= 0.6 is 10.8 Å². The summed E-state index contributed by atoms with van der Waals surface area (Å²) in [5, 5.41) is 0.913. The predicted molar refractivity (Wildman–Crippen MR) is 88.6 cm³/mol. The van der Waals surface area contributed by atoms with Crippen molar-refractivity contribution < 1.29 is 18.6 Å². The Balaban J connectivity index is 2.23. The quantitative estimate of drug-likeness (QED) is 0.847. The molecule has 2 aromatic rings. The number of hydrogen-bond acceptors (Lipinski definition) is 5. The van der Waals surface area contributed by atoms with Gasteiger partial charge in [-0.2, -0.15) is 0 Å². The van der Waals surface area contributed by atoms with Crippen molar-refractivity contribution in [1.29, 1.82) is 0 Å². The van der Waals surface area contributed by atoms with Crippen LogP contribution in [0.15, 0.2) is 24.4 Å². The first-order valence-electron chi connectivity index (χ1n) is 7.22. The average molecular weight is 324 g/mol. The first-order chi connectivity index (χ1) is 10.5. The molecule has 1 aromatic carbocycles. The van der Waals surface area contributed by atoms with Gasteiger partial charge in [0.2, 0.25) is 0 Å². The van der Waals surface area contributed by atoms with Crippen LogP contribution in [0.4, 0.5) is 5.69 Å². The smallest absolute Gasteiger partial charge is 0.338 e. The Morgan fingerprint density at radius 2 is 2.18 bits per heavy atom. The second-order valence-electron chi connectivity index (χ2n) is 5.31. The number of aryl methyl sites for hydroxylation is 1. The van der Waals surface area contributed by atoms with E-state index in [0.29, 0.717) is 23.5 Å². The van der Waals surface area contributed by atoms with Crippen molar-refractivity contribution in [3.05, 3.63) is 30.0 Å². The Morgan fingerprint density at radius 1 is 1.41 bits per heavy atom. The van der Waals surface area contributed by atoms with Gasteiger partial charge in [-0.25, -0.2) is 4.79 Å². The monoisotopic (exact) mass is 324 g/mol. The van der Waals surface area contributed by atoms with Crippen LogP contribution in [0, 0.1) is 0 Å². The van der Waals surface area contributed by atoms with Gasteiger partial charge in [0.15, 0.2) is 0 Å². The second-order valence-corrected chi connectivity index (χ2v) is 7.43. The lowest BCUT2D eigenvalue weighted by Gasteiger charge is -2.38. The lowest BCUT2D eigenvalue weighted by molar-refractivity contribution is 0.0601. The van der Waals surface area contributed by atoms with Crippen LogP contribution in [0.3, 0.4) is 0 Å². The molecule has 3 rings (SSSR count). The summed E-state index contributed by atoms with van der Waals surface area (Å²) in [7, 11) is -1.46. The zero-order valence-electron chi connectivity index (χ0n) is 12.7. The molecule has 0 aliphatic carbocycles. The molecule has 0 spiro atoms. The van der Waals surface area contributed by atoms with E-state index in [4.69, 9.17) is 4.74 Å². The third kappa shape index (κ3) is 2.35. The minimum Gasteiger partial charge on any atom is -0.465 e. The minimum atomic E-state index is -2.81. The topological polar surface area (TPSA) is 74.9 Å². The zero-order valence-corrected chi connectivity index (χ0v) is 13.5. The standard InChI is InChI=1S/C15H20N2O4S/c1-3-16-7-5-12-13(16)9-11(15(18)21-2)10-14(12)17-6-4-8-22(17,19)20/h5,7,9-10,19-20H,3-4,6,8H2,1-2H3. The maximum atomic E-state index is 11.9. The zero-order chi connectivity index (χ0) is 15.9. The van der Waals surface area contributed by atoms with Crippen LogP contribution in [-0.2, 0) is 11.3 Å². The van der Waals surface area contributed by atoms with E-state index in [1.54, 1.807) is 16.4 Å². The van der Waals surface area contributed by atoms with Gasteiger partial charge in [0.05, 0.1) is 29.6 Å². The van der Waals surface area contributed by atoms with Crippen LogP contribution in [0.25, 0.3) is 10.9 Å². The molecular formula is C15H20N2O4S. The summed E-state index contributed by atoms with van der Waals surface area (Å²) in [6.45, 7) is 3.36. The predicted octanol–water partition coefficient (Wildman–Crippen LogP) is 3.32. The summed E-state index contributed by atoms with van der Waals surface area (Å²) < 4.78 is 29.0. The van der Waals surface area contributed by atoms with Crippen LogP contribution in [0.5, 0.6) is 0 Å². The highest BCUT2D eigenvalue weighted by Gasteiger charge is 2.31. The molecule has 120 valence electrons. The van der Waals surface area contributed by atoms with Gasteiger partial charge in [0.1, 0.15) is 0 Å². The highest BCUT2D eigenvalue weighted by molar-refractivity contribution is 8.25. The number of fused-ring (bicyclic) bond motifs is 1. The maximum Gasteiger partial charge on any atom is 0.338 e. The molecule has 1 aliphatic rings. The third-order valence-corrected chi connectivity index (χ3v) is 5.95. The van der Waals surface area contributed by atoms with E-state index in [2.05, 4.69) is 0 Å². The molecule has 0 unspecified atom stereocenters. The number of hydrogen-bond donors (Lipinski definition) is 2. The lowest BCUT2D eigenvalue weighted by Crippen LogP contribution is -2.22. The van der Waals surface area contributed by atoms with Crippen molar-refractivity contribution in [1.82, 2.24) is 4.57 Å². The van der Waals surface area contributed by atoms with Crippen molar-refractivity contribution in [2.24, 2.45) is 0 Å². The summed E-state index contributed by atoms with van der Waals surface area (Å²) in [5.74, 6) is -0.0616. The number of ether oxygens (including phenoxy) is 1. The Morgan fingerprint density at radius 3 is 2.77 bits per heavy atom. The number of benzene rings is 1. The summed E-state index contributed by atoms with van der Waals surface area (Å²) in [5.41, 5.74) is 1.99. The van der Waals surface area contributed by atoms with E-state index in [0.717, 1.165) is 23.9 Å². The van der Waals surface area contributed by atoms with Crippen molar-refractivity contribution in [3.63, 3.8) is 0 Å². The summed E-state index contributed by atoms with van der Waals surface area (Å²) >= 11 is 0. The van der Waals surface area contributed by atoms with Gasteiger partial charge in [-0.1, -0.05) is 0 Å². The molecule has 2 N–H and O–H groups in total. The fraction of sp³-hybridized carbons (Fsp3) is 0.400. The molecule has 0 saturated carbocycles. The second kappa shape index (κ2) is 5.49. The Kier molecular flexibility index (Phi) is 3.80. The molecule has 0 radical (unpaired) electrons. The molecule has 0 bridgehead atoms. The first-order valence-corrected chi connectivity index (χ1v) is 8.90. The maximum absolute atomic E-state index is 11.9. The van der Waals surface area contributed by atoms with Crippen LogP contribution in [0.1, 0.15) is 23.7 Å². The molecule has 1 aromatic heterocycles. The highest BCUT2D eigenvalue weighted by Crippen LogP contribution is 2.52. The summed E-state index contributed by atoms with van der Waals surface area (Å²) in [6, 6.07) is 5.42. The number of aromatic nitrogens is 1. The SMILES string of the molecule is CCn1ccc2c(N3CCCS3(O)O)cc(C(=O)OC)cc21. The summed E-state index contributed by atoms with van der Waals surface area (Å²) in [6.07, 6.45) is 2.66. The number of anilines is 1. The van der Waals surface area contributed by atoms with Crippen molar-refractivity contribution in [3.8, 4) is 0 Å². The molecule has 2 heterocycles. The third-order valence-electron chi connectivity index (χ3n) is 4.03. The molecule has 1 saturated heterocycles. The number of esters is 1. The first kappa shape index (κ1) is 15.2. The average Bonchev–Trinajstić information content (AvgIpc) is 3.07. The van der Waals surface area contributed by atoms with Crippen LogP contribution in [-0.4, -0.2) is 39.0 Å². The Hall–Kier alpha value is -1.70. The van der Waals surface area contributed by atoms with E-state index >= 15 is 0 Å². The highest BCUT2D eigenvalue weighted by atomic mass is 32.3. The van der Waals surface area contributed by atoms with Crippen LogP contribution < -0.4 is 4.31 Å². The number of methoxy groups -OCH3 is 1. The van der Waals surface area contributed by atoms with Crippen molar-refractivity contribution >= 4 is 33.3 Å². The van der Waals surface area contributed by atoms with Crippen LogP contribution in [0.2, 0.25) is 0 Å². The summed E-state index contributed by atoms with van der Waals surface area (Å²) in [4.78, 5) is 11.9. The fourth-order valence-electron chi connectivity index (χ4n) is 2.93. The van der Waals surface area contributed by atoms with Gasteiger partial charge in [-0.3, -0.25) is 13.4 Å². The Bertz CT molecular complexity index is 726. The Labute approximate surface area is 130 Å². The largest absolute Gasteiger partial charge is 0.465 e. The van der Waals surface area contributed by atoms with Gasteiger partial charge in [-0.15, -0.1) is 10.8 Å². The molecule has 6 nitrogen and oxygen atoms in total. The van der Waals surface area contributed by atoms with Crippen molar-refractivity contribution in [2.75, 3.05) is 23.7 Å². The normalized spacial score (nSPS) is 18.6. The van der Waals surface area contributed by atoms with Gasteiger partial charge in [0, 0.05) is 24.7 Å². The van der Waals surface area contributed by atoms with E-state index < -0.39 is 16.7 Å². The molecule has 22 heavy (non-hydrogen) atoms. The van der Waals surface area contributed by atoms with Gasteiger partial charge >= 0.3 is 5.97 Å².